The predicted octanol–water partition coefficient (Wildman–Crippen LogP) is 3.20. The van der Waals surface area contributed by atoms with E-state index >= 15 is 0 Å². The number of fused-ring (bicyclic) bond motifs is 3. The zero-order valence-corrected chi connectivity index (χ0v) is 13.1. The molecule has 0 saturated heterocycles. The van der Waals surface area contributed by atoms with Crippen molar-refractivity contribution < 1.29 is 9.21 Å². The molecule has 0 aliphatic carbocycles. The Morgan fingerprint density at radius 3 is 3.04 bits per heavy atom. The fourth-order valence-electron chi connectivity index (χ4n) is 3.16. The summed E-state index contributed by atoms with van der Waals surface area (Å²) in [4.78, 5) is 17.0. The van der Waals surface area contributed by atoms with Crippen molar-refractivity contribution >= 4 is 16.9 Å². The van der Waals surface area contributed by atoms with Crippen LogP contribution in [0.2, 0.25) is 0 Å². The van der Waals surface area contributed by atoms with Gasteiger partial charge in [0, 0.05) is 18.5 Å². The number of benzene rings is 1. The molecule has 0 atom stereocenters. The molecular formula is C18H19N3O2. The van der Waals surface area contributed by atoms with Crippen molar-refractivity contribution in [2.75, 3.05) is 0 Å². The lowest BCUT2D eigenvalue weighted by molar-refractivity contribution is 0.0948. The van der Waals surface area contributed by atoms with Gasteiger partial charge in [0.2, 0.25) is 0 Å². The van der Waals surface area contributed by atoms with Crippen molar-refractivity contribution in [1.82, 2.24) is 14.9 Å². The quantitative estimate of drug-likeness (QED) is 0.808. The molecule has 2 aromatic heterocycles. The maximum atomic E-state index is 12.3. The summed E-state index contributed by atoms with van der Waals surface area (Å²) >= 11 is 0. The fourth-order valence-corrected chi connectivity index (χ4v) is 3.16. The van der Waals surface area contributed by atoms with Gasteiger partial charge >= 0.3 is 0 Å². The minimum atomic E-state index is -0.105. The van der Waals surface area contributed by atoms with Crippen LogP contribution in [0, 0.1) is 6.92 Å². The summed E-state index contributed by atoms with van der Waals surface area (Å²) in [7, 11) is 0. The first-order valence-corrected chi connectivity index (χ1v) is 8.03. The van der Waals surface area contributed by atoms with Gasteiger partial charge < -0.3 is 14.3 Å². The van der Waals surface area contributed by atoms with Crippen LogP contribution in [-0.4, -0.2) is 15.5 Å². The second kappa shape index (κ2) is 5.57. The number of aromatic nitrogens is 2. The van der Waals surface area contributed by atoms with Crippen molar-refractivity contribution in [1.29, 1.82) is 0 Å². The number of hydrogen-bond donors (Lipinski definition) is 1. The third-order valence-electron chi connectivity index (χ3n) is 4.34. The summed E-state index contributed by atoms with van der Waals surface area (Å²) < 4.78 is 7.73. The second-order valence-corrected chi connectivity index (χ2v) is 6.04. The summed E-state index contributed by atoms with van der Waals surface area (Å²) in [5.74, 6) is 2.63. The number of rotatable bonds is 3. The number of imidazole rings is 1. The highest BCUT2D eigenvalue weighted by atomic mass is 16.3. The molecule has 1 amide bonds. The molecule has 0 radical (unpaired) electrons. The Morgan fingerprint density at radius 2 is 2.22 bits per heavy atom. The van der Waals surface area contributed by atoms with Crippen molar-refractivity contribution in [2.24, 2.45) is 0 Å². The Hall–Kier alpha value is -2.56. The highest BCUT2D eigenvalue weighted by Gasteiger charge is 2.16. The maximum Gasteiger partial charge on any atom is 0.251 e. The molecule has 5 heteroatoms. The smallest absolute Gasteiger partial charge is 0.251 e. The van der Waals surface area contributed by atoms with Crippen molar-refractivity contribution in [3.8, 4) is 0 Å². The van der Waals surface area contributed by atoms with E-state index in [0.717, 1.165) is 41.3 Å². The normalized spacial score (nSPS) is 14.0. The third-order valence-corrected chi connectivity index (χ3v) is 4.34. The molecule has 118 valence electrons. The van der Waals surface area contributed by atoms with E-state index in [-0.39, 0.29) is 5.91 Å². The average molecular weight is 309 g/mol. The number of carbonyl (C=O) groups excluding carboxylic acids is 1. The lowest BCUT2D eigenvalue weighted by Crippen LogP contribution is -2.22. The molecule has 3 aromatic rings. The maximum absolute atomic E-state index is 12.3. The molecule has 1 N–H and O–H groups in total. The van der Waals surface area contributed by atoms with E-state index in [1.165, 1.54) is 12.8 Å². The van der Waals surface area contributed by atoms with Crippen LogP contribution < -0.4 is 5.32 Å². The van der Waals surface area contributed by atoms with Gasteiger partial charge in [-0.1, -0.05) is 0 Å². The Morgan fingerprint density at radius 1 is 1.30 bits per heavy atom. The number of furan rings is 1. The van der Waals surface area contributed by atoms with Gasteiger partial charge in [-0.15, -0.1) is 0 Å². The van der Waals surface area contributed by atoms with Crippen LogP contribution in [0.5, 0.6) is 0 Å². The molecule has 0 bridgehead atoms. The molecule has 3 heterocycles. The van der Waals surface area contributed by atoms with Crippen molar-refractivity contribution in [3.05, 3.63) is 53.2 Å². The lowest BCUT2D eigenvalue weighted by atomic mass is 10.1. The van der Waals surface area contributed by atoms with E-state index in [9.17, 15) is 4.79 Å². The summed E-state index contributed by atoms with van der Waals surface area (Å²) in [5, 5.41) is 2.89. The first kappa shape index (κ1) is 14.1. The minimum absolute atomic E-state index is 0.105. The van der Waals surface area contributed by atoms with Crippen LogP contribution in [-0.2, 0) is 19.5 Å². The standard InChI is InChI=1S/C18H19N3O2/c1-12-5-7-14(23-12)11-19-18(22)13-6-8-16-15(10-13)20-17-4-2-3-9-21(16)17/h5-8,10H,2-4,9,11H2,1H3,(H,19,22). The number of nitrogens with one attached hydrogen (secondary N) is 1. The molecule has 0 spiro atoms. The summed E-state index contributed by atoms with van der Waals surface area (Å²) in [5.41, 5.74) is 2.66. The Labute approximate surface area is 134 Å². The molecular weight excluding hydrogens is 290 g/mol. The minimum Gasteiger partial charge on any atom is -0.465 e. The zero-order valence-electron chi connectivity index (χ0n) is 13.1. The molecule has 0 saturated carbocycles. The van der Waals surface area contributed by atoms with E-state index in [1.54, 1.807) is 0 Å². The number of hydrogen-bond acceptors (Lipinski definition) is 3. The molecule has 0 unspecified atom stereocenters. The van der Waals surface area contributed by atoms with E-state index in [2.05, 4.69) is 14.9 Å². The van der Waals surface area contributed by atoms with Gasteiger partial charge in [0.15, 0.2) is 0 Å². The highest BCUT2D eigenvalue weighted by Crippen LogP contribution is 2.23. The van der Waals surface area contributed by atoms with Gasteiger partial charge in [0.05, 0.1) is 17.6 Å². The van der Waals surface area contributed by atoms with Crippen LogP contribution in [0.15, 0.2) is 34.7 Å². The number of amides is 1. The topological polar surface area (TPSA) is 60.1 Å². The van der Waals surface area contributed by atoms with E-state index in [0.29, 0.717) is 12.1 Å². The monoisotopic (exact) mass is 309 g/mol. The number of carbonyl (C=O) groups is 1. The van der Waals surface area contributed by atoms with Gasteiger partial charge in [-0.2, -0.15) is 0 Å². The molecule has 1 aliphatic heterocycles. The van der Waals surface area contributed by atoms with Gasteiger partial charge in [0.1, 0.15) is 17.3 Å². The zero-order chi connectivity index (χ0) is 15.8. The fraction of sp³-hybridized carbons (Fsp3) is 0.333. The van der Waals surface area contributed by atoms with Gasteiger partial charge in [0.25, 0.3) is 5.91 Å². The summed E-state index contributed by atoms with van der Waals surface area (Å²) in [6, 6.07) is 9.52. The highest BCUT2D eigenvalue weighted by molar-refractivity contribution is 5.97. The lowest BCUT2D eigenvalue weighted by Gasteiger charge is -2.13. The number of nitrogens with zero attached hydrogens (tertiary/aromatic N) is 2. The van der Waals surface area contributed by atoms with Crippen LogP contribution in [0.25, 0.3) is 11.0 Å². The van der Waals surface area contributed by atoms with Gasteiger partial charge in [-0.3, -0.25) is 4.79 Å². The van der Waals surface area contributed by atoms with Crippen LogP contribution in [0.1, 0.15) is 40.5 Å². The van der Waals surface area contributed by atoms with Crippen LogP contribution in [0.4, 0.5) is 0 Å². The first-order chi connectivity index (χ1) is 11.2. The Balaban J connectivity index is 1.55. The van der Waals surface area contributed by atoms with Gasteiger partial charge in [-0.25, -0.2) is 4.98 Å². The molecule has 1 aromatic carbocycles. The second-order valence-electron chi connectivity index (χ2n) is 6.04. The van der Waals surface area contributed by atoms with E-state index in [1.807, 2.05) is 37.3 Å². The van der Waals surface area contributed by atoms with Crippen LogP contribution in [0.3, 0.4) is 0 Å². The van der Waals surface area contributed by atoms with Crippen molar-refractivity contribution in [2.45, 2.75) is 39.3 Å². The Kier molecular flexibility index (Phi) is 3.41. The molecule has 0 fully saturated rings. The predicted molar refractivity (Wildman–Crippen MR) is 87.3 cm³/mol. The molecule has 4 rings (SSSR count). The SMILES string of the molecule is Cc1ccc(CNC(=O)c2ccc3c(c2)nc2n3CCCC2)o1. The summed E-state index contributed by atoms with van der Waals surface area (Å²) in [6.07, 6.45) is 3.41. The van der Waals surface area contributed by atoms with E-state index in [4.69, 9.17) is 4.42 Å². The molecule has 23 heavy (non-hydrogen) atoms. The van der Waals surface area contributed by atoms with E-state index < -0.39 is 0 Å². The molecule has 5 nitrogen and oxygen atoms in total. The number of aryl methyl sites for hydroxylation is 3. The van der Waals surface area contributed by atoms with Gasteiger partial charge in [-0.05, 0) is 50.1 Å². The third kappa shape index (κ3) is 2.63. The summed E-state index contributed by atoms with van der Waals surface area (Å²) in [6.45, 7) is 3.30. The van der Waals surface area contributed by atoms with Crippen LogP contribution >= 0.6 is 0 Å². The average Bonchev–Trinajstić information content (AvgIpc) is 3.15. The largest absolute Gasteiger partial charge is 0.465 e. The van der Waals surface area contributed by atoms with Crippen molar-refractivity contribution in [3.63, 3.8) is 0 Å². The first-order valence-electron chi connectivity index (χ1n) is 8.03. The molecule has 1 aliphatic rings. The Bertz CT molecular complexity index is 876.